The molecule has 0 aromatic heterocycles. The fraction of sp³-hybridized carbons (Fsp3) is 0.500. The zero-order chi connectivity index (χ0) is 15.6. The highest BCUT2D eigenvalue weighted by atomic mass is 16.6. The first-order chi connectivity index (χ1) is 9.78. The van der Waals surface area contributed by atoms with E-state index in [1.165, 1.54) is 0 Å². The molecular weight excluding hydrogens is 270 g/mol. The minimum atomic E-state index is -0.863. The van der Waals surface area contributed by atoms with Gasteiger partial charge in [-0.15, -0.1) is 0 Å². The molecule has 0 bridgehead atoms. The molecule has 21 heavy (non-hydrogen) atoms. The van der Waals surface area contributed by atoms with Crippen LogP contribution in [0.25, 0.3) is 0 Å². The van der Waals surface area contributed by atoms with Gasteiger partial charge >= 0.3 is 12.1 Å². The van der Waals surface area contributed by atoms with Crippen LogP contribution in [0.15, 0.2) is 18.2 Å². The van der Waals surface area contributed by atoms with Crippen LogP contribution in [0.4, 0.5) is 10.5 Å². The Morgan fingerprint density at radius 1 is 1.33 bits per heavy atom. The normalized spacial score (nSPS) is 14.5. The van der Waals surface area contributed by atoms with Crippen LogP contribution in [0.5, 0.6) is 0 Å². The number of nitrogens with zero attached hydrogens (tertiary/aromatic N) is 1. The van der Waals surface area contributed by atoms with E-state index in [-0.39, 0.29) is 12.5 Å². The number of carboxylic acids is 1. The molecule has 0 spiro atoms. The van der Waals surface area contributed by atoms with Crippen molar-refractivity contribution in [1.29, 1.82) is 0 Å². The third-order valence-corrected chi connectivity index (χ3v) is 3.30. The molecule has 1 N–H and O–H groups in total. The lowest BCUT2D eigenvalue weighted by atomic mass is 9.95. The molecule has 1 heterocycles. The van der Waals surface area contributed by atoms with Crippen LogP contribution < -0.4 is 4.90 Å². The summed E-state index contributed by atoms with van der Waals surface area (Å²) in [6.07, 6.45) is 1.20. The van der Waals surface area contributed by atoms with E-state index in [9.17, 15) is 9.59 Å². The van der Waals surface area contributed by atoms with E-state index in [2.05, 4.69) is 0 Å². The van der Waals surface area contributed by atoms with E-state index >= 15 is 0 Å². The summed E-state index contributed by atoms with van der Waals surface area (Å²) in [6.45, 7) is 6.09. The molecule has 1 aliphatic rings. The molecule has 2 rings (SSSR count). The largest absolute Gasteiger partial charge is 0.481 e. The molecule has 1 aromatic carbocycles. The number of carboxylic acid groups (broad SMARTS) is 1. The number of anilines is 1. The lowest BCUT2D eigenvalue weighted by Crippen LogP contribution is -2.40. The molecule has 0 aliphatic carbocycles. The summed E-state index contributed by atoms with van der Waals surface area (Å²) < 4.78 is 5.43. The van der Waals surface area contributed by atoms with Crippen molar-refractivity contribution in [3.8, 4) is 0 Å². The van der Waals surface area contributed by atoms with Gasteiger partial charge in [0.1, 0.15) is 5.60 Å². The maximum Gasteiger partial charge on any atom is 0.414 e. The highest BCUT2D eigenvalue weighted by molar-refractivity contribution is 5.90. The van der Waals surface area contributed by atoms with Crippen molar-refractivity contribution in [2.24, 2.45) is 0 Å². The summed E-state index contributed by atoms with van der Waals surface area (Å²) in [6, 6.07) is 5.45. The second kappa shape index (κ2) is 5.76. The van der Waals surface area contributed by atoms with Gasteiger partial charge in [0.05, 0.1) is 12.1 Å². The Kier molecular flexibility index (Phi) is 4.21. The maximum absolute atomic E-state index is 12.3. The molecule has 0 saturated carbocycles. The predicted octanol–water partition coefficient (Wildman–Crippen LogP) is 3.00. The second-order valence-corrected chi connectivity index (χ2v) is 6.22. The van der Waals surface area contributed by atoms with Crippen molar-refractivity contribution >= 4 is 17.7 Å². The Morgan fingerprint density at radius 3 is 2.67 bits per heavy atom. The third kappa shape index (κ3) is 3.74. The van der Waals surface area contributed by atoms with Gasteiger partial charge in [-0.3, -0.25) is 9.69 Å². The van der Waals surface area contributed by atoms with Crippen molar-refractivity contribution in [3.05, 3.63) is 29.3 Å². The van der Waals surface area contributed by atoms with Crippen LogP contribution in [0, 0.1) is 0 Å². The molecule has 1 aliphatic heterocycles. The van der Waals surface area contributed by atoms with Crippen molar-refractivity contribution in [2.75, 3.05) is 11.4 Å². The molecule has 5 heteroatoms. The van der Waals surface area contributed by atoms with E-state index in [1.54, 1.807) is 11.0 Å². The Labute approximate surface area is 124 Å². The average molecular weight is 291 g/mol. The number of fused-ring (bicyclic) bond motifs is 1. The third-order valence-electron chi connectivity index (χ3n) is 3.30. The molecule has 0 radical (unpaired) electrons. The monoisotopic (exact) mass is 291 g/mol. The average Bonchev–Trinajstić information content (AvgIpc) is 2.35. The summed E-state index contributed by atoms with van der Waals surface area (Å²) >= 11 is 0. The van der Waals surface area contributed by atoms with Crippen LogP contribution in [-0.2, 0) is 22.4 Å². The topological polar surface area (TPSA) is 66.8 Å². The van der Waals surface area contributed by atoms with E-state index in [4.69, 9.17) is 9.84 Å². The standard InChI is InChI=1S/C16H21NO4/c1-16(2,3)21-15(20)17-9-5-7-12-11(10-14(18)19)6-4-8-13(12)17/h4,6,8H,5,7,9-10H2,1-3H3,(H,18,19). The number of hydrogen-bond acceptors (Lipinski definition) is 3. The summed E-state index contributed by atoms with van der Waals surface area (Å²) in [7, 11) is 0. The maximum atomic E-state index is 12.3. The summed E-state index contributed by atoms with van der Waals surface area (Å²) in [5, 5.41) is 8.99. The minimum Gasteiger partial charge on any atom is -0.481 e. The second-order valence-electron chi connectivity index (χ2n) is 6.22. The molecule has 0 atom stereocenters. The van der Waals surface area contributed by atoms with Gasteiger partial charge in [0.25, 0.3) is 0 Å². The number of aliphatic carboxylic acids is 1. The van der Waals surface area contributed by atoms with Gasteiger partial charge in [0.15, 0.2) is 0 Å². The van der Waals surface area contributed by atoms with Gasteiger partial charge in [-0.1, -0.05) is 12.1 Å². The lowest BCUT2D eigenvalue weighted by Gasteiger charge is -2.32. The van der Waals surface area contributed by atoms with E-state index in [1.807, 2.05) is 32.9 Å². The van der Waals surface area contributed by atoms with Gasteiger partial charge in [-0.25, -0.2) is 4.79 Å². The fourth-order valence-electron chi connectivity index (χ4n) is 2.53. The molecular formula is C16H21NO4. The van der Waals surface area contributed by atoms with Crippen LogP contribution in [0.1, 0.15) is 38.3 Å². The molecule has 114 valence electrons. The predicted molar refractivity (Wildman–Crippen MR) is 79.7 cm³/mol. The number of carbonyl (C=O) groups is 2. The Balaban J connectivity index is 2.31. The quantitative estimate of drug-likeness (QED) is 0.909. The molecule has 0 unspecified atom stereocenters. The van der Waals surface area contributed by atoms with Crippen LogP contribution in [0.2, 0.25) is 0 Å². The first kappa shape index (κ1) is 15.4. The fourth-order valence-corrected chi connectivity index (χ4v) is 2.53. The summed E-state index contributed by atoms with van der Waals surface area (Å²) in [4.78, 5) is 24.9. The summed E-state index contributed by atoms with van der Waals surface area (Å²) in [5.41, 5.74) is 1.94. The van der Waals surface area contributed by atoms with Gasteiger partial charge in [0, 0.05) is 6.54 Å². The van der Waals surface area contributed by atoms with Crippen LogP contribution >= 0.6 is 0 Å². The van der Waals surface area contributed by atoms with Crippen LogP contribution in [0.3, 0.4) is 0 Å². The first-order valence-corrected chi connectivity index (χ1v) is 7.11. The lowest BCUT2D eigenvalue weighted by molar-refractivity contribution is -0.136. The van der Waals surface area contributed by atoms with Crippen molar-refractivity contribution in [1.82, 2.24) is 0 Å². The van der Waals surface area contributed by atoms with Gasteiger partial charge in [-0.05, 0) is 50.8 Å². The SMILES string of the molecule is CC(C)(C)OC(=O)N1CCCc2c(CC(=O)O)cccc21. The highest BCUT2D eigenvalue weighted by Gasteiger charge is 2.28. The number of amides is 1. The zero-order valence-electron chi connectivity index (χ0n) is 12.7. The Morgan fingerprint density at radius 2 is 2.05 bits per heavy atom. The first-order valence-electron chi connectivity index (χ1n) is 7.11. The number of hydrogen-bond donors (Lipinski definition) is 1. The molecule has 5 nitrogen and oxygen atoms in total. The summed E-state index contributed by atoms with van der Waals surface area (Å²) in [5.74, 6) is -0.863. The minimum absolute atomic E-state index is 0.0225. The van der Waals surface area contributed by atoms with Gasteiger partial charge in [0.2, 0.25) is 0 Å². The Hall–Kier alpha value is -2.04. The Bertz CT molecular complexity index is 560. The van der Waals surface area contributed by atoms with E-state index in [0.29, 0.717) is 6.54 Å². The van der Waals surface area contributed by atoms with Gasteiger partial charge in [-0.2, -0.15) is 0 Å². The van der Waals surface area contributed by atoms with E-state index < -0.39 is 11.6 Å². The highest BCUT2D eigenvalue weighted by Crippen LogP contribution is 2.31. The molecule has 1 amide bonds. The van der Waals surface area contributed by atoms with Gasteiger partial charge < -0.3 is 9.84 Å². The number of carbonyl (C=O) groups excluding carboxylic acids is 1. The number of benzene rings is 1. The van der Waals surface area contributed by atoms with Crippen molar-refractivity contribution < 1.29 is 19.4 Å². The van der Waals surface area contributed by atoms with Crippen LogP contribution in [-0.4, -0.2) is 29.3 Å². The molecule has 0 fully saturated rings. The zero-order valence-corrected chi connectivity index (χ0v) is 12.7. The molecule has 1 aromatic rings. The number of rotatable bonds is 2. The van der Waals surface area contributed by atoms with Crippen molar-refractivity contribution in [3.63, 3.8) is 0 Å². The van der Waals surface area contributed by atoms with E-state index in [0.717, 1.165) is 29.7 Å². The number of ether oxygens (including phenoxy) is 1. The smallest absolute Gasteiger partial charge is 0.414 e. The van der Waals surface area contributed by atoms with Crippen molar-refractivity contribution in [2.45, 2.75) is 45.6 Å². The molecule has 0 saturated heterocycles.